The number of nitrogens with zero attached hydrogens (tertiary/aromatic N) is 3. The summed E-state index contributed by atoms with van der Waals surface area (Å²) in [7, 11) is 1.62. The van der Waals surface area contributed by atoms with Crippen molar-refractivity contribution in [2.24, 2.45) is 0 Å². The molecule has 0 unspecified atom stereocenters. The summed E-state index contributed by atoms with van der Waals surface area (Å²) in [6.07, 6.45) is 3.30. The van der Waals surface area contributed by atoms with Crippen molar-refractivity contribution in [3.63, 3.8) is 0 Å². The molecule has 1 aromatic carbocycles. The van der Waals surface area contributed by atoms with E-state index in [1.165, 1.54) is 0 Å². The number of ether oxygens (including phenoxy) is 2. The number of para-hydroxylation sites is 1. The molecule has 0 bridgehead atoms. The van der Waals surface area contributed by atoms with Gasteiger partial charge in [-0.15, -0.1) is 0 Å². The molecular weight excluding hydrogens is 306 g/mol. The Morgan fingerprint density at radius 1 is 1.00 bits per heavy atom. The van der Waals surface area contributed by atoms with Crippen LogP contribution in [0.2, 0.25) is 0 Å². The minimum atomic E-state index is 0.400. The summed E-state index contributed by atoms with van der Waals surface area (Å²) in [4.78, 5) is 8.36. The smallest absolute Gasteiger partial charge is 0.261 e. The normalized spacial score (nSPS) is 10.7. The second-order valence-corrected chi connectivity index (χ2v) is 5.02. The SMILES string of the molecule is COc1ccccc1-c1noc2nc(Oc3cccnc3)ccc12. The zero-order valence-corrected chi connectivity index (χ0v) is 12.8. The molecule has 0 amide bonds. The van der Waals surface area contributed by atoms with E-state index >= 15 is 0 Å². The Hall–Kier alpha value is -3.41. The molecule has 6 nitrogen and oxygen atoms in total. The average molecular weight is 319 g/mol. The van der Waals surface area contributed by atoms with Crippen molar-refractivity contribution in [1.82, 2.24) is 15.1 Å². The lowest BCUT2D eigenvalue weighted by Crippen LogP contribution is -1.89. The lowest BCUT2D eigenvalue weighted by atomic mass is 10.1. The van der Waals surface area contributed by atoms with E-state index in [9.17, 15) is 0 Å². The molecule has 24 heavy (non-hydrogen) atoms. The molecule has 0 aliphatic heterocycles. The van der Waals surface area contributed by atoms with Crippen molar-refractivity contribution < 1.29 is 14.0 Å². The highest BCUT2D eigenvalue weighted by atomic mass is 16.5. The lowest BCUT2D eigenvalue weighted by molar-refractivity contribution is 0.414. The number of benzene rings is 1. The largest absolute Gasteiger partial charge is 0.496 e. The third-order valence-electron chi connectivity index (χ3n) is 3.53. The number of hydrogen-bond acceptors (Lipinski definition) is 6. The van der Waals surface area contributed by atoms with Crippen LogP contribution in [-0.2, 0) is 0 Å². The van der Waals surface area contributed by atoms with Crippen LogP contribution in [0.4, 0.5) is 0 Å². The fourth-order valence-corrected chi connectivity index (χ4v) is 2.43. The van der Waals surface area contributed by atoms with Gasteiger partial charge in [-0.2, -0.15) is 4.98 Å². The Labute approximate surface area is 137 Å². The summed E-state index contributed by atoms with van der Waals surface area (Å²) < 4.78 is 16.4. The van der Waals surface area contributed by atoms with Gasteiger partial charge in [-0.25, -0.2) is 0 Å². The molecule has 0 radical (unpaired) electrons. The Balaban J connectivity index is 1.73. The highest BCUT2D eigenvalue weighted by molar-refractivity contribution is 5.91. The second kappa shape index (κ2) is 6.00. The van der Waals surface area contributed by atoms with Crippen LogP contribution in [0.3, 0.4) is 0 Å². The predicted molar refractivity (Wildman–Crippen MR) is 88.1 cm³/mol. The second-order valence-electron chi connectivity index (χ2n) is 5.02. The fourth-order valence-electron chi connectivity index (χ4n) is 2.43. The average Bonchev–Trinajstić information content (AvgIpc) is 3.05. The number of rotatable bonds is 4. The van der Waals surface area contributed by atoms with Gasteiger partial charge in [0, 0.05) is 17.8 Å². The molecule has 3 heterocycles. The Kier molecular flexibility index (Phi) is 3.55. The molecule has 118 valence electrons. The van der Waals surface area contributed by atoms with E-state index in [2.05, 4.69) is 15.1 Å². The van der Waals surface area contributed by atoms with Crippen LogP contribution in [0, 0.1) is 0 Å². The maximum absolute atomic E-state index is 5.66. The molecule has 4 aromatic rings. The van der Waals surface area contributed by atoms with Gasteiger partial charge in [0.1, 0.15) is 17.2 Å². The van der Waals surface area contributed by atoms with Gasteiger partial charge in [-0.05, 0) is 30.3 Å². The topological polar surface area (TPSA) is 70.3 Å². The highest BCUT2D eigenvalue weighted by Gasteiger charge is 2.16. The molecule has 0 saturated carbocycles. The van der Waals surface area contributed by atoms with Crippen molar-refractivity contribution in [2.75, 3.05) is 7.11 Å². The molecule has 0 aliphatic carbocycles. The third-order valence-corrected chi connectivity index (χ3v) is 3.53. The summed E-state index contributed by atoms with van der Waals surface area (Å²) in [6.45, 7) is 0. The zero-order valence-electron chi connectivity index (χ0n) is 12.8. The monoisotopic (exact) mass is 319 g/mol. The molecule has 0 fully saturated rings. The van der Waals surface area contributed by atoms with Crippen molar-refractivity contribution in [3.05, 3.63) is 60.9 Å². The van der Waals surface area contributed by atoms with Crippen LogP contribution in [-0.4, -0.2) is 22.2 Å². The van der Waals surface area contributed by atoms with Crippen molar-refractivity contribution in [2.45, 2.75) is 0 Å². The summed E-state index contributed by atoms with van der Waals surface area (Å²) in [5.41, 5.74) is 1.93. The first-order chi connectivity index (χ1) is 11.8. The maximum Gasteiger partial charge on any atom is 0.261 e. The van der Waals surface area contributed by atoms with Gasteiger partial charge in [0.15, 0.2) is 0 Å². The molecule has 0 saturated heterocycles. The molecule has 4 rings (SSSR count). The minimum Gasteiger partial charge on any atom is -0.496 e. The number of pyridine rings is 2. The Morgan fingerprint density at radius 3 is 2.75 bits per heavy atom. The molecule has 0 N–H and O–H groups in total. The Morgan fingerprint density at radius 2 is 1.92 bits per heavy atom. The van der Waals surface area contributed by atoms with E-state index in [0.717, 1.165) is 16.7 Å². The quantitative estimate of drug-likeness (QED) is 0.564. The lowest BCUT2D eigenvalue weighted by Gasteiger charge is -2.05. The van der Waals surface area contributed by atoms with Gasteiger partial charge < -0.3 is 14.0 Å². The van der Waals surface area contributed by atoms with Gasteiger partial charge >= 0.3 is 0 Å². The fraction of sp³-hybridized carbons (Fsp3) is 0.0556. The van der Waals surface area contributed by atoms with Crippen LogP contribution < -0.4 is 9.47 Å². The first-order valence-corrected chi connectivity index (χ1v) is 7.33. The Bertz CT molecular complexity index is 983. The highest BCUT2D eigenvalue weighted by Crippen LogP contribution is 2.34. The maximum atomic E-state index is 5.66. The van der Waals surface area contributed by atoms with Crippen LogP contribution in [0.1, 0.15) is 0 Å². The minimum absolute atomic E-state index is 0.400. The molecule has 3 aromatic heterocycles. The molecule has 0 spiro atoms. The summed E-state index contributed by atoms with van der Waals surface area (Å²) in [5, 5.41) is 4.93. The van der Waals surface area contributed by atoms with Gasteiger partial charge in [0.25, 0.3) is 5.71 Å². The first-order valence-electron chi connectivity index (χ1n) is 7.33. The van der Waals surface area contributed by atoms with Gasteiger partial charge in [-0.1, -0.05) is 17.3 Å². The summed E-state index contributed by atoms with van der Waals surface area (Å²) in [6, 6.07) is 14.9. The third kappa shape index (κ3) is 2.54. The number of hydrogen-bond donors (Lipinski definition) is 0. The molecular formula is C18H13N3O3. The van der Waals surface area contributed by atoms with Gasteiger partial charge in [-0.3, -0.25) is 4.98 Å². The van der Waals surface area contributed by atoms with Gasteiger partial charge in [0.05, 0.1) is 18.7 Å². The van der Waals surface area contributed by atoms with Crippen LogP contribution >= 0.6 is 0 Å². The molecule has 6 heteroatoms. The number of methoxy groups -OCH3 is 1. The number of aromatic nitrogens is 3. The van der Waals surface area contributed by atoms with Gasteiger partial charge in [0.2, 0.25) is 5.88 Å². The summed E-state index contributed by atoms with van der Waals surface area (Å²) >= 11 is 0. The summed E-state index contributed by atoms with van der Waals surface area (Å²) in [5.74, 6) is 1.75. The predicted octanol–water partition coefficient (Wildman–Crippen LogP) is 4.09. The standard InChI is InChI=1S/C18H13N3O3/c1-22-15-7-3-2-6-13(15)17-14-8-9-16(20-18(14)24-21-17)23-12-5-4-10-19-11-12/h2-11H,1H3. The van der Waals surface area contributed by atoms with Crippen LogP contribution in [0.25, 0.3) is 22.4 Å². The molecule has 0 atom stereocenters. The van der Waals surface area contributed by atoms with Crippen molar-refractivity contribution >= 4 is 11.1 Å². The van der Waals surface area contributed by atoms with Crippen molar-refractivity contribution in [1.29, 1.82) is 0 Å². The van der Waals surface area contributed by atoms with E-state index in [0.29, 0.717) is 23.0 Å². The first kappa shape index (κ1) is 14.2. The van der Waals surface area contributed by atoms with E-state index in [4.69, 9.17) is 14.0 Å². The van der Waals surface area contributed by atoms with E-state index in [-0.39, 0.29) is 0 Å². The van der Waals surface area contributed by atoms with E-state index in [1.54, 1.807) is 37.7 Å². The van der Waals surface area contributed by atoms with Crippen LogP contribution in [0.5, 0.6) is 17.4 Å². The van der Waals surface area contributed by atoms with E-state index < -0.39 is 0 Å². The van der Waals surface area contributed by atoms with E-state index in [1.807, 2.05) is 30.3 Å². The zero-order chi connectivity index (χ0) is 16.4. The number of fused-ring (bicyclic) bond motifs is 1. The van der Waals surface area contributed by atoms with Crippen molar-refractivity contribution in [3.8, 4) is 28.6 Å². The molecule has 0 aliphatic rings. The van der Waals surface area contributed by atoms with Crippen LogP contribution in [0.15, 0.2) is 65.4 Å².